The van der Waals surface area contributed by atoms with Crippen LogP contribution in [-0.4, -0.2) is 40.7 Å². The lowest BCUT2D eigenvalue weighted by atomic mass is 10.1. The second kappa shape index (κ2) is 11.7. The molecule has 0 radical (unpaired) electrons. The van der Waals surface area contributed by atoms with Crippen molar-refractivity contribution in [2.45, 2.75) is 20.3 Å². The van der Waals surface area contributed by atoms with E-state index in [2.05, 4.69) is 15.6 Å². The number of anilines is 2. The SMILES string of the molecule is CC(C)CN(CC(=O)Nc1nc(CC(=O)Nc2ccccc2F)cs1)C(=O)c1ccc(Cl)cc1. The number of carbonyl (C=O) groups is 3. The second-order valence-electron chi connectivity index (χ2n) is 7.98. The van der Waals surface area contributed by atoms with Crippen LogP contribution in [0.15, 0.2) is 53.9 Å². The van der Waals surface area contributed by atoms with E-state index in [0.717, 1.165) is 11.3 Å². The Morgan fingerprint density at radius 1 is 1.06 bits per heavy atom. The second-order valence-corrected chi connectivity index (χ2v) is 9.28. The maximum atomic E-state index is 13.7. The Balaban J connectivity index is 1.58. The van der Waals surface area contributed by atoms with Crippen LogP contribution in [0.4, 0.5) is 15.2 Å². The van der Waals surface area contributed by atoms with Crippen molar-refractivity contribution < 1.29 is 18.8 Å². The van der Waals surface area contributed by atoms with Gasteiger partial charge in [-0.05, 0) is 42.3 Å². The van der Waals surface area contributed by atoms with Crippen molar-refractivity contribution in [1.29, 1.82) is 0 Å². The average Bonchev–Trinajstić information content (AvgIpc) is 3.21. The number of hydrogen-bond acceptors (Lipinski definition) is 5. The maximum Gasteiger partial charge on any atom is 0.254 e. The van der Waals surface area contributed by atoms with Crippen LogP contribution in [0.5, 0.6) is 0 Å². The quantitative estimate of drug-likeness (QED) is 0.437. The Hall–Kier alpha value is -3.30. The number of aromatic nitrogens is 1. The molecule has 3 aromatic rings. The van der Waals surface area contributed by atoms with Gasteiger partial charge in [0.2, 0.25) is 11.8 Å². The molecule has 10 heteroatoms. The monoisotopic (exact) mass is 502 g/mol. The van der Waals surface area contributed by atoms with Crippen LogP contribution in [0.25, 0.3) is 0 Å². The molecule has 0 aliphatic heterocycles. The maximum absolute atomic E-state index is 13.7. The molecule has 0 saturated carbocycles. The zero-order chi connectivity index (χ0) is 24.7. The summed E-state index contributed by atoms with van der Waals surface area (Å²) in [7, 11) is 0. The van der Waals surface area contributed by atoms with Gasteiger partial charge in [0, 0.05) is 22.5 Å². The first-order valence-electron chi connectivity index (χ1n) is 10.5. The fourth-order valence-corrected chi connectivity index (χ4v) is 3.99. The molecule has 0 spiro atoms. The van der Waals surface area contributed by atoms with Gasteiger partial charge < -0.3 is 15.5 Å². The molecule has 178 valence electrons. The zero-order valence-corrected chi connectivity index (χ0v) is 20.3. The molecule has 2 aromatic carbocycles. The molecule has 7 nitrogen and oxygen atoms in total. The highest BCUT2D eigenvalue weighted by molar-refractivity contribution is 7.13. The lowest BCUT2D eigenvalue weighted by Gasteiger charge is -2.24. The average molecular weight is 503 g/mol. The van der Waals surface area contributed by atoms with Crippen LogP contribution in [-0.2, 0) is 16.0 Å². The van der Waals surface area contributed by atoms with Crippen LogP contribution in [0.1, 0.15) is 29.9 Å². The Kier molecular flexibility index (Phi) is 8.72. The molecule has 2 N–H and O–H groups in total. The van der Waals surface area contributed by atoms with Gasteiger partial charge in [-0.3, -0.25) is 14.4 Å². The Morgan fingerprint density at radius 2 is 1.76 bits per heavy atom. The number of hydrogen-bond donors (Lipinski definition) is 2. The fourth-order valence-electron chi connectivity index (χ4n) is 3.13. The molecule has 0 fully saturated rings. The van der Waals surface area contributed by atoms with Crippen LogP contribution in [0.3, 0.4) is 0 Å². The highest BCUT2D eigenvalue weighted by Gasteiger charge is 2.21. The smallest absolute Gasteiger partial charge is 0.254 e. The highest BCUT2D eigenvalue weighted by atomic mass is 35.5. The normalized spacial score (nSPS) is 10.7. The van der Waals surface area contributed by atoms with Gasteiger partial charge in [0.25, 0.3) is 5.91 Å². The third-order valence-corrected chi connectivity index (χ3v) is 5.64. The summed E-state index contributed by atoms with van der Waals surface area (Å²) in [5, 5.41) is 7.64. The standard InChI is InChI=1S/C24H24ClFN4O3S/c1-15(2)12-30(23(33)16-7-9-17(25)10-8-16)13-22(32)29-24-27-18(14-34-24)11-21(31)28-20-6-4-3-5-19(20)26/h3-10,14-15H,11-13H2,1-2H3,(H,28,31)(H,27,29,32). The van der Waals surface area contributed by atoms with Crippen LogP contribution < -0.4 is 10.6 Å². The van der Waals surface area contributed by atoms with Gasteiger partial charge in [0.1, 0.15) is 12.4 Å². The van der Waals surface area contributed by atoms with Gasteiger partial charge in [-0.1, -0.05) is 37.6 Å². The van der Waals surface area contributed by atoms with Gasteiger partial charge in [0.15, 0.2) is 5.13 Å². The number of nitrogens with one attached hydrogen (secondary N) is 2. The number of benzene rings is 2. The van der Waals surface area contributed by atoms with E-state index in [9.17, 15) is 18.8 Å². The van der Waals surface area contributed by atoms with E-state index in [0.29, 0.717) is 28.0 Å². The summed E-state index contributed by atoms with van der Waals surface area (Å²) < 4.78 is 13.7. The molecule has 0 aliphatic rings. The molecular weight excluding hydrogens is 479 g/mol. The summed E-state index contributed by atoms with van der Waals surface area (Å²) in [5.74, 6) is -1.47. The van der Waals surface area contributed by atoms with Crippen molar-refractivity contribution in [3.8, 4) is 0 Å². The topological polar surface area (TPSA) is 91.4 Å². The molecule has 0 bridgehead atoms. The number of halogens is 2. The first kappa shape index (κ1) is 25.3. The number of carbonyl (C=O) groups excluding carboxylic acids is 3. The van der Waals surface area contributed by atoms with E-state index >= 15 is 0 Å². The predicted molar refractivity (Wildman–Crippen MR) is 132 cm³/mol. The summed E-state index contributed by atoms with van der Waals surface area (Å²) in [6.07, 6.45) is -0.0742. The lowest BCUT2D eigenvalue weighted by molar-refractivity contribution is -0.117. The van der Waals surface area contributed by atoms with Gasteiger partial charge in [-0.25, -0.2) is 9.37 Å². The third kappa shape index (κ3) is 7.36. The van der Waals surface area contributed by atoms with E-state index in [1.54, 1.807) is 35.7 Å². The summed E-state index contributed by atoms with van der Waals surface area (Å²) >= 11 is 7.06. The Morgan fingerprint density at radius 3 is 2.44 bits per heavy atom. The van der Waals surface area contributed by atoms with Gasteiger partial charge >= 0.3 is 0 Å². The zero-order valence-electron chi connectivity index (χ0n) is 18.7. The van der Waals surface area contributed by atoms with Crippen molar-refractivity contribution in [1.82, 2.24) is 9.88 Å². The van der Waals surface area contributed by atoms with E-state index < -0.39 is 17.6 Å². The number of para-hydroxylation sites is 1. The predicted octanol–water partition coefficient (Wildman–Crippen LogP) is 4.85. The van der Waals surface area contributed by atoms with Crippen molar-refractivity contribution in [3.63, 3.8) is 0 Å². The van der Waals surface area contributed by atoms with Crippen molar-refractivity contribution in [3.05, 3.63) is 76.0 Å². The van der Waals surface area contributed by atoms with Gasteiger partial charge in [-0.15, -0.1) is 11.3 Å². The van der Waals surface area contributed by atoms with Crippen molar-refractivity contribution in [2.24, 2.45) is 5.92 Å². The van der Waals surface area contributed by atoms with Gasteiger partial charge in [0.05, 0.1) is 17.8 Å². The minimum absolute atomic E-state index is 0.0742. The molecule has 0 atom stereocenters. The van der Waals surface area contributed by atoms with Crippen molar-refractivity contribution in [2.75, 3.05) is 23.7 Å². The summed E-state index contributed by atoms with van der Waals surface area (Å²) in [6, 6.07) is 12.4. The van der Waals surface area contributed by atoms with E-state index in [4.69, 9.17) is 11.6 Å². The van der Waals surface area contributed by atoms with E-state index in [1.807, 2.05) is 13.8 Å². The molecule has 0 aliphatic carbocycles. The molecule has 34 heavy (non-hydrogen) atoms. The molecule has 1 aromatic heterocycles. The first-order valence-corrected chi connectivity index (χ1v) is 11.8. The van der Waals surface area contributed by atoms with Crippen LogP contribution in [0, 0.1) is 11.7 Å². The molecule has 3 amide bonds. The van der Waals surface area contributed by atoms with Crippen LogP contribution in [0.2, 0.25) is 5.02 Å². The first-order chi connectivity index (χ1) is 16.2. The summed E-state index contributed by atoms with van der Waals surface area (Å²) in [4.78, 5) is 43.4. The largest absolute Gasteiger partial charge is 0.329 e. The lowest BCUT2D eigenvalue weighted by Crippen LogP contribution is -2.40. The van der Waals surface area contributed by atoms with E-state index in [-0.39, 0.29) is 30.5 Å². The fraction of sp³-hybridized carbons (Fsp3) is 0.250. The molecule has 0 saturated heterocycles. The third-order valence-electron chi connectivity index (χ3n) is 4.59. The molecule has 1 heterocycles. The number of thiazole rings is 1. The number of amides is 3. The minimum Gasteiger partial charge on any atom is -0.329 e. The minimum atomic E-state index is -0.527. The summed E-state index contributed by atoms with van der Waals surface area (Å²) in [6.45, 7) is 4.16. The summed E-state index contributed by atoms with van der Waals surface area (Å²) in [5.41, 5.74) is 0.965. The Labute approximate surface area is 206 Å². The van der Waals surface area contributed by atoms with E-state index in [1.165, 1.54) is 23.1 Å². The van der Waals surface area contributed by atoms with Crippen LogP contribution >= 0.6 is 22.9 Å². The number of rotatable bonds is 9. The molecule has 3 rings (SSSR count). The van der Waals surface area contributed by atoms with Gasteiger partial charge in [-0.2, -0.15) is 0 Å². The van der Waals surface area contributed by atoms with Crippen molar-refractivity contribution >= 4 is 51.5 Å². The molecular formula is C24H24ClFN4O3S. The highest BCUT2D eigenvalue weighted by Crippen LogP contribution is 2.18. The molecule has 0 unspecified atom stereocenters. The number of nitrogens with zero attached hydrogens (tertiary/aromatic N) is 2. The Bertz CT molecular complexity index is 1170.